The van der Waals surface area contributed by atoms with Crippen molar-refractivity contribution in [3.8, 4) is 0 Å². The van der Waals surface area contributed by atoms with Gasteiger partial charge in [0.15, 0.2) is 0 Å². The molecule has 0 saturated heterocycles. The zero-order valence-electron chi connectivity index (χ0n) is 11.3. The molecule has 0 unspecified atom stereocenters. The van der Waals surface area contributed by atoms with Gasteiger partial charge in [-0.2, -0.15) is 11.8 Å². The number of furan rings is 1. The van der Waals surface area contributed by atoms with Crippen molar-refractivity contribution in [2.45, 2.75) is 25.0 Å². The topological polar surface area (TPSA) is 94.6 Å². The Morgan fingerprint density at radius 1 is 1.55 bits per heavy atom. The fourth-order valence-corrected chi connectivity index (χ4v) is 3.35. The van der Waals surface area contributed by atoms with Gasteiger partial charge >= 0.3 is 5.97 Å². The minimum absolute atomic E-state index is 0.0701. The smallest absolute Gasteiger partial charge is 0.306 e. The zero-order valence-corrected chi connectivity index (χ0v) is 12.1. The van der Waals surface area contributed by atoms with Gasteiger partial charge in [0.1, 0.15) is 5.76 Å². The van der Waals surface area contributed by atoms with Crippen molar-refractivity contribution in [1.29, 1.82) is 0 Å². The Morgan fingerprint density at radius 3 is 2.90 bits per heavy atom. The van der Waals surface area contributed by atoms with E-state index in [0.717, 1.165) is 18.6 Å². The molecule has 0 bridgehead atoms. The fourth-order valence-electron chi connectivity index (χ4n) is 2.02. The summed E-state index contributed by atoms with van der Waals surface area (Å²) in [6.45, 7) is 0. The Kier molecular flexibility index (Phi) is 4.72. The molecule has 0 spiro atoms. The van der Waals surface area contributed by atoms with Crippen molar-refractivity contribution >= 4 is 23.6 Å². The van der Waals surface area contributed by atoms with Gasteiger partial charge in [-0.3, -0.25) is 15.0 Å². The van der Waals surface area contributed by atoms with E-state index in [0.29, 0.717) is 23.5 Å². The van der Waals surface area contributed by atoms with E-state index in [1.807, 2.05) is 0 Å². The third-order valence-electron chi connectivity index (χ3n) is 3.47. The van der Waals surface area contributed by atoms with Crippen LogP contribution in [-0.2, 0) is 15.3 Å². The highest BCUT2D eigenvalue weighted by Gasteiger charge is 2.44. The van der Waals surface area contributed by atoms with E-state index in [4.69, 9.17) is 15.0 Å². The number of carbonyl (C=O) groups is 2. The van der Waals surface area contributed by atoms with Gasteiger partial charge in [-0.05, 0) is 30.1 Å². The number of nitrogen functional groups attached to an aromatic ring is 1. The number of hydrogen-bond donors (Lipinski definition) is 2. The molecule has 6 nitrogen and oxygen atoms in total. The largest absolute Gasteiger partial charge is 0.469 e. The molecule has 1 aromatic heterocycles. The molecule has 1 aliphatic rings. The second-order valence-electron chi connectivity index (χ2n) is 4.98. The molecule has 1 heterocycles. The number of ether oxygens (including phenoxy) is 1. The van der Waals surface area contributed by atoms with E-state index in [2.05, 4.69) is 5.43 Å². The SMILES string of the molecule is COC(=O)CC1(CSCc2occc2C(=O)NN)CC1. The molecular weight excluding hydrogens is 280 g/mol. The molecule has 110 valence electrons. The van der Waals surface area contributed by atoms with Gasteiger partial charge in [-0.25, -0.2) is 5.84 Å². The number of hydrazine groups is 1. The van der Waals surface area contributed by atoms with E-state index < -0.39 is 0 Å². The van der Waals surface area contributed by atoms with Crippen molar-refractivity contribution in [2.24, 2.45) is 11.3 Å². The predicted octanol–water partition coefficient (Wildman–Crippen LogP) is 1.46. The maximum atomic E-state index is 11.5. The highest BCUT2D eigenvalue weighted by molar-refractivity contribution is 7.98. The zero-order chi connectivity index (χ0) is 14.6. The van der Waals surface area contributed by atoms with Crippen LogP contribution in [0.15, 0.2) is 16.7 Å². The molecule has 0 aliphatic heterocycles. The van der Waals surface area contributed by atoms with E-state index in [1.165, 1.54) is 13.4 Å². The number of amides is 1. The number of thioether (sulfide) groups is 1. The molecule has 0 aromatic carbocycles. The second-order valence-corrected chi connectivity index (χ2v) is 5.96. The van der Waals surface area contributed by atoms with Gasteiger partial charge in [-0.15, -0.1) is 0 Å². The third kappa shape index (κ3) is 3.55. The third-order valence-corrected chi connectivity index (χ3v) is 4.75. The van der Waals surface area contributed by atoms with Crippen LogP contribution in [-0.4, -0.2) is 24.7 Å². The lowest BCUT2D eigenvalue weighted by molar-refractivity contribution is -0.141. The van der Waals surface area contributed by atoms with Crippen LogP contribution in [0.25, 0.3) is 0 Å². The molecule has 2 rings (SSSR count). The summed E-state index contributed by atoms with van der Waals surface area (Å²) in [5.41, 5.74) is 2.62. The number of hydrogen-bond acceptors (Lipinski definition) is 6. The molecule has 1 aliphatic carbocycles. The Balaban J connectivity index is 1.83. The molecule has 7 heteroatoms. The number of carbonyl (C=O) groups excluding carboxylic acids is 2. The van der Waals surface area contributed by atoms with Crippen molar-refractivity contribution in [2.75, 3.05) is 12.9 Å². The first-order chi connectivity index (χ1) is 9.60. The number of rotatable bonds is 7. The van der Waals surface area contributed by atoms with E-state index >= 15 is 0 Å². The highest BCUT2D eigenvalue weighted by Crippen LogP contribution is 2.51. The summed E-state index contributed by atoms with van der Waals surface area (Å²) in [6.07, 6.45) is 4.03. The van der Waals surface area contributed by atoms with Crippen molar-refractivity contribution in [3.63, 3.8) is 0 Å². The van der Waals surface area contributed by atoms with Crippen molar-refractivity contribution in [1.82, 2.24) is 5.43 Å². The number of esters is 1. The number of methoxy groups -OCH3 is 1. The van der Waals surface area contributed by atoms with Gasteiger partial charge in [0.05, 0.1) is 31.1 Å². The van der Waals surface area contributed by atoms with Gasteiger partial charge in [-0.1, -0.05) is 0 Å². The normalized spacial score (nSPS) is 15.7. The Labute approximate surface area is 121 Å². The van der Waals surface area contributed by atoms with Crippen LogP contribution in [0.5, 0.6) is 0 Å². The monoisotopic (exact) mass is 298 g/mol. The standard InChI is InChI=1S/C13H18N2O4S/c1-18-11(16)6-13(3-4-13)8-20-7-10-9(2-5-19-10)12(17)15-14/h2,5H,3-4,6-8,14H2,1H3,(H,15,17). The van der Waals surface area contributed by atoms with Crippen LogP contribution in [0.3, 0.4) is 0 Å². The van der Waals surface area contributed by atoms with Crippen molar-refractivity contribution in [3.05, 3.63) is 23.7 Å². The number of nitrogens with one attached hydrogen (secondary N) is 1. The van der Waals surface area contributed by atoms with Gasteiger partial charge < -0.3 is 9.15 Å². The maximum Gasteiger partial charge on any atom is 0.306 e. The van der Waals surface area contributed by atoms with Crippen LogP contribution >= 0.6 is 11.8 Å². The summed E-state index contributed by atoms with van der Waals surface area (Å²) < 4.78 is 10.0. The number of nitrogens with two attached hydrogens (primary N) is 1. The molecule has 20 heavy (non-hydrogen) atoms. The lowest BCUT2D eigenvalue weighted by Gasteiger charge is -2.12. The highest BCUT2D eigenvalue weighted by atomic mass is 32.2. The van der Waals surface area contributed by atoms with Crippen LogP contribution < -0.4 is 11.3 Å². The first kappa shape index (κ1) is 14.9. The molecule has 3 N–H and O–H groups in total. The Bertz CT molecular complexity index is 496. The van der Waals surface area contributed by atoms with E-state index in [-0.39, 0.29) is 17.3 Å². The lowest BCUT2D eigenvalue weighted by atomic mass is 10.1. The molecule has 1 aromatic rings. The van der Waals surface area contributed by atoms with Gasteiger partial charge in [0, 0.05) is 0 Å². The summed E-state index contributed by atoms with van der Waals surface area (Å²) in [7, 11) is 1.41. The molecule has 1 fully saturated rings. The summed E-state index contributed by atoms with van der Waals surface area (Å²) in [5, 5.41) is 0. The minimum Gasteiger partial charge on any atom is -0.469 e. The molecular formula is C13H18N2O4S. The van der Waals surface area contributed by atoms with Gasteiger partial charge in [0.2, 0.25) is 0 Å². The molecule has 1 amide bonds. The van der Waals surface area contributed by atoms with E-state index in [9.17, 15) is 9.59 Å². The summed E-state index contributed by atoms with van der Waals surface area (Å²) in [4.78, 5) is 22.8. The molecule has 1 saturated carbocycles. The minimum atomic E-state index is -0.356. The van der Waals surface area contributed by atoms with E-state index in [1.54, 1.807) is 17.8 Å². The van der Waals surface area contributed by atoms with Crippen LogP contribution in [0.4, 0.5) is 0 Å². The van der Waals surface area contributed by atoms with Crippen LogP contribution in [0.1, 0.15) is 35.4 Å². The fraction of sp³-hybridized carbons (Fsp3) is 0.538. The van der Waals surface area contributed by atoms with Crippen LogP contribution in [0, 0.1) is 5.41 Å². The maximum absolute atomic E-state index is 11.5. The van der Waals surface area contributed by atoms with Crippen LogP contribution in [0.2, 0.25) is 0 Å². The quantitative estimate of drug-likeness (QED) is 0.342. The molecule has 0 atom stereocenters. The first-order valence-corrected chi connectivity index (χ1v) is 7.47. The average Bonchev–Trinajstić information content (AvgIpc) is 3.04. The predicted molar refractivity (Wildman–Crippen MR) is 74.8 cm³/mol. The Hall–Kier alpha value is -1.47. The summed E-state index contributed by atoms with van der Waals surface area (Å²) >= 11 is 1.65. The lowest BCUT2D eigenvalue weighted by Crippen LogP contribution is -2.30. The average molecular weight is 298 g/mol. The second kappa shape index (κ2) is 6.32. The summed E-state index contributed by atoms with van der Waals surface area (Å²) in [6, 6.07) is 1.60. The van der Waals surface area contributed by atoms with Crippen molar-refractivity contribution < 1.29 is 18.7 Å². The first-order valence-electron chi connectivity index (χ1n) is 6.32. The van der Waals surface area contributed by atoms with Gasteiger partial charge in [0.25, 0.3) is 5.91 Å². The summed E-state index contributed by atoms with van der Waals surface area (Å²) in [5.74, 6) is 6.63. The molecule has 0 radical (unpaired) electrons. The Morgan fingerprint density at radius 2 is 2.30 bits per heavy atom.